The van der Waals surface area contributed by atoms with Crippen LogP contribution in [0.4, 0.5) is 0 Å². The van der Waals surface area contributed by atoms with Gasteiger partial charge in [-0.1, -0.05) is 13.8 Å². The van der Waals surface area contributed by atoms with Crippen LogP contribution in [-0.2, 0) is 19.1 Å². The van der Waals surface area contributed by atoms with Gasteiger partial charge in [0.05, 0.1) is 13.5 Å². The van der Waals surface area contributed by atoms with E-state index in [2.05, 4.69) is 4.74 Å². The summed E-state index contributed by atoms with van der Waals surface area (Å²) in [5.74, 6) is -1.59. The highest BCUT2D eigenvalue weighted by Gasteiger charge is 2.20. The Kier molecular flexibility index (Phi) is 5.76. The molecule has 0 aliphatic heterocycles. The van der Waals surface area contributed by atoms with Crippen molar-refractivity contribution >= 4 is 17.5 Å². The fourth-order valence-electron chi connectivity index (χ4n) is 0.901. The van der Waals surface area contributed by atoms with Crippen LogP contribution in [0.25, 0.3) is 0 Å². The van der Waals surface area contributed by atoms with Crippen molar-refractivity contribution in [2.24, 2.45) is 5.92 Å². The van der Waals surface area contributed by atoms with Crippen LogP contribution in [0.5, 0.6) is 0 Å². The first-order valence-corrected chi connectivity index (χ1v) is 4.66. The van der Waals surface area contributed by atoms with E-state index in [9.17, 15) is 14.4 Å². The Morgan fingerprint density at radius 2 is 1.79 bits per heavy atom. The number of ketones is 2. The molecule has 0 radical (unpaired) electrons. The van der Waals surface area contributed by atoms with Gasteiger partial charge in [-0.3, -0.25) is 14.4 Å². The third-order valence-corrected chi connectivity index (χ3v) is 2.12. The smallest absolute Gasteiger partial charge is 0.305 e. The quantitative estimate of drug-likeness (QED) is 0.476. The number of rotatable bonds is 6. The van der Waals surface area contributed by atoms with Crippen molar-refractivity contribution in [3.8, 4) is 0 Å². The molecule has 4 heteroatoms. The molecule has 0 saturated heterocycles. The van der Waals surface area contributed by atoms with Gasteiger partial charge in [0, 0.05) is 12.3 Å². The second-order valence-electron chi connectivity index (χ2n) is 3.17. The van der Waals surface area contributed by atoms with E-state index in [4.69, 9.17) is 0 Å². The molecule has 0 amide bonds. The largest absolute Gasteiger partial charge is 0.469 e. The molecule has 0 N–H and O–H groups in total. The fourth-order valence-corrected chi connectivity index (χ4v) is 0.901. The molecule has 0 aliphatic carbocycles. The number of Topliss-reactive ketones (excluding diaryl/α,β-unsaturated/α-hetero) is 2. The monoisotopic (exact) mass is 200 g/mol. The number of hydrogen-bond donors (Lipinski definition) is 0. The molecule has 0 rings (SSSR count). The molecule has 0 aliphatic rings. The first-order valence-electron chi connectivity index (χ1n) is 4.66. The van der Waals surface area contributed by atoms with Crippen LogP contribution in [0.2, 0.25) is 0 Å². The maximum Gasteiger partial charge on any atom is 0.305 e. The third kappa shape index (κ3) is 4.16. The molecule has 0 heterocycles. The summed E-state index contributed by atoms with van der Waals surface area (Å²) in [7, 11) is 1.25. The summed E-state index contributed by atoms with van der Waals surface area (Å²) in [4.78, 5) is 33.2. The van der Waals surface area contributed by atoms with Crippen molar-refractivity contribution < 1.29 is 19.1 Å². The number of ether oxygens (including phenoxy) is 1. The van der Waals surface area contributed by atoms with Crippen molar-refractivity contribution in [3.63, 3.8) is 0 Å². The molecule has 4 nitrogen and oxygen atoms in total. The molecular weight excluding hydrogens is 184 g/mol. The van der Waals surface area contributed by atoms with Gasteiger partial charge in [0.2, 0.25) is 5.78 Å². The van der Waals surface area contributed by atoms with E-state index >= 15 is 0 Å². The molecule has 0 aromatic rings. The SMILES string of the molecule is CCC(C)C(=O)C(=O)CCC(=O)OC. The highest BCUT2D eigenvalue weighted by atomic mass is 16.5. The highest BCUT2D eigenvalue weighted by Crippen LogP contribution is 2.05. The molecule has 0 spiro atoms. The van der Waals surface area contributed by atoms with Crippen molar-refractivity contribution in [1.29, 1.82) is 0 Å². The standard InChI is InChI=1S/C10H16O4/c1-4-7(2)10(13)8(11)5-6-9(12)14-3/h7H,4-6H2,1-3H3. The Morgan fingerprint density at radius 3 is 2.21 bits per heavy atom. The first-order chi connectivity index (χ1) is 6.52. The molecule has 1 unspecified atom stereocenters. The van der Waals surface area contributed by atoms with E-state index in [0.717, 1.165) is 0 Å². The van der Waals surface area contributed by atoms with Gasteiger partial charge in [0.25, 0.3) is 0 Å². The van der Waals surface area contributed by atoms with Gasteiger partial charge in [0.15, 0.2) is 5.78 Å². The molecule has 0 aromatic heterocycles. The minimum absolute atomic E-state index is 0.0164. The van der Waals surface area contributed by atoms with Crippen molar-refractivity contribution in [3.05, 3.63) is 0 Å². The van der Waals surface area contributed by atoms with Crippen molar-refractivity contribution in [2.75, 3.05) is 7.11 Å². The normalized spacial score (nSPS) is 11.9. The summed E-state index contributed by atoms with van der Waals surface area (Å²) < 4.78 is 4.36. The van der Waals surface area contributed by atoms with E-state index in [1.807, 2.05) is 6.92 Å². The Balaban J connectivity index is 3.97. The zero-order valence-corrected chi connectivity index (χ0v) is 8.83. The lowest BCUT2D eigenvalue weighted by Crippen LogP contribution is -2.22. The second-order valence-corrected chi connectivity index (χ2v) is 3.17. The maximum atomic E-state index is 11.3. The van der Waals surface area contributed by atoms with Gasteiger partial charge < -0.3 is 4.74 Å². The van der Waals surface area contributed by atoms with Crippen LogP contribution >= 0.6 is 0 Å². The lowest BCUT2D eigenvalue weighted by atomic mass is 9.98. The molecule has 0 bridgehead atoms. The summed E-state index contributed by atoms with van der Waals surface area (Å²) >= 11 is 0. The second kappa shape index (κ2) is 6.29. The van der Waals surface area contributed by atoms with Crippen molar-refractivity contribution in [2.45, 2.75) is 33.1 Å². The average Bonchev–Trinajstić information content (AvgIpc) is 2.22. The van der Waals surface area contributed by atoms with Crippen LogP contribution < -0.4 is 0 Å². The molecule has 0 saturated carbocycles. The van der Waals surface area contributed by atoms with Gasteiger partial charge in [-0.2, -0.15) is 0 Å². The number of esters is 1. The van der Waals surface area contributed by atoms with E-state index < -0.39 is 17.5 Å². The van der Waals surface area contributed by atoms with Crippen LogP contribution in [0.1, 0.15) is 33.1 Å². The van der Waals surface area contributed by atoms with Crippen LogP contribution in [0, 0.1) is 5.92 Å². The molecule has 0 aromatic carbocycles. The lowest BCUT2D eigenvalue weighted by molar-refractivity contribution is -0.143. The van der Waals surface area contributed by atoms with E-state index in [1.54, 1.807) is 6.92 Å². The lowest BCUT2D eigenvalue weighted by Gasteiger charge is -2.05. The van der Waals surface area contributed by atoms with Crippen LogP contribution in [-0.4, -0.2) is 24.6 Å². The predicted octanol–water partition coefficient (Wildman–Crippen LogP) is 1.12. The number of carbonyl (C=O) groups is 3. The highest BCUT2D eigenvalue weighted by molar-refractivity contribution is 6.38. The molecule has 80 valence electrons. The summed E-state index contributed by atoms with van der Waals surface area (Å²) in [6.45, 7) is 3.55. The fraction of sp³-hybridized carbons (Fsp3) is 0.700. The predicted molar refractivity (Wildman–Crippen MR) is 50.7 cm³/mol. The summed E-state index contributed by atoms with van der Waals surface area (Å²) in [5, 5.41) is 0. The molecule has 14 heavy (non-hydrogen) atoms. The van der Waals surface area contributed by atoms with Gasteiger partial charge in [-0.15, -0.1) is 0 Å². The zero-order valence-electron chi connectivity index (χ0n) is 8.83. The van der Waals surface area contributed by atoms with Gasteiger partial charge >= 0.3 is 5.97 Å². The first kappa shape index (κ1) is 12.8. The van der Waals surface area contributed by atoms with Crippen LogP contribution in [0.3, 0.4) is 0 Å². The van der Waals surface area contributed by atoms with E-state index in [0.29, 0.717) is 6.42 Å². The van der Waals surface area contributed by atoms with Gasteiger partial charge in [0.1, 0.15) is 0 Å². The minimum Gasteiger partial charge on any atom is -0.469 e. The van der Waals surface area contributed by atoms with Crippen LogP contribution in [0.15, 0.2) is 0 Å². The zero-order chi connectivity index (χ0) is 11.1. The number of methoxy groups -OCH3 is 1. The van der Waals surface area contributed by atoms with Crippen molar-refractivity contribution in [1.82, 2.24) is 0 Å². The van der Waals surface area contributed by atoms with E-state index in [1.165, 1.54) is 7.11 Å². The average molecular weight is 200 g/mol. The molecular formula is C10H16O4. The number of carbonyl (C=O) groups excluding carboxylic acids is 3. The summed E-state index contributed by atoms with van der Waals surface area (Å²) in [6, 6.07) is 0. The van der Waals surface area contributed by atoms with E-state index in [-0.39, 0.29) is 18.8 Å². The molecule has 1 atom stereocenters. The Bertz CT molecular complexity index is 232. The summed E-state index contributed by atoms with van der Waals surface area (Å²) in [5.41, 5.74) is 0. The minimum atomic E-state index is -0.482. The maximum absolute atomic E-state index is 11.3. The van der Waals surface area contributed by atoms with Gasteiger partial charge in [-0.25, -0.2) is 0 Å². The van der Waals surface area contributed by atoms with Gasteiger partial charge in [-0.05, 0) is 6.42 Å². The third-order valence-electron chi connectivity index (χ3n) is 2.12. The molecule has 0 fully saturated rings. The Labute approximate surface area is 83.6 Å². The topological polar surface area (TPSA) is 60.4 Å². The number of hydrogen-bond acceptors (Lipinski definition) is 4. The Hall–Kier alpha value is -1.19. The Morgan fingerprint density at radius 1 is 1.21 bits per heavy atom. The summed E-state index contributed by atoms with van der Waals surface area (Å²) in [6.07, 6.45) is 0.580.